The molecule has 1 aliphatic rings. The first-order chi connectivity index (χ1) is 10.1. The van der Waals surface area contributed by atoms with E-state index in [-0.39, 0.29) is 11.7 Å². The third-order valence-electron chi connectivity index (χ3n) is 3.83. The van der Waals surface area contributed by atoms with Crippen molar-refractivity contribution in [1.82, 2.24) is 4.98 Å². The van der Waals surface area contributed by atoms with Gasteiger partial charge < -0.3 is 10.4 Å². The summed E-state index contributed by atoms with van der Waals surface area (Å²) in [4.78, 5) is 14.4. The predicted octanol–water partition coefficient (Wildman–Crippen LogP) is 3.10. The van der Waals surface area contributed by atoms with Crippen molar-refractivity contribution in [2.45, 2.75) is 25.8 Å². The van der Waals surface area contributed by atoms with Crippen molar-refractivity contribution in [1.29, 1.82) is 0 Å². The lowest BCUT2D eigenvalue weighted by Gasteiger charge is -2.16. The van der Waals surface area contributed by atoms with Crippen LogP contribution < -0.4 is 5.32 Å². The van der Waals surface area contributed by atoms with Gasteiger partial charge in [-0.2, -0.15) is 0 Å². The number of phenolic OH excluding ortho intramolecular Hbond substituents is 1. The molecule has 0 fully saturated rings. The summed E-state index contributed by atoms with van der Waals surface area (Å²) in [7, 11) is 0. The quantitative estimate of drug-likeness (QED) is 0.668. The van der Waals surface area contributed by atoms with Crippen LogP contribution in [0.4, 0.5) is 11.5 Å². The number of hydrogen-bond donors (Lipinski definition) is 2. The van der Waals surface area contributed by atoms with Crippen molar-refractivity contribution in [3.63, 3.8) is 0 Å². The van der Waals surface area contributed by atoms with E-state index in [9.17, 15) is 15.2 Å². The van der Waals surface area contributed by atoms with Crippen LogP contribution in [-0.2, 0) is 6.42 Å². The number of fused-ring (bicyclic) bond motifs is 1. The molecule has 0 saturated carbocycles. The second-order valence-electron chi connectivity index (χ2n) is 5.20. The van der Waals surface area contributed by atoms with Crippen LogP contribution in [0.5, 0.6) is 5.75 Å². The van der Waals surface area contributed by atoms with E-state index in [1.54, 1.807) is 13.0 Å². The standard InChI is InChI=1S/C15H15N3O3/c1-9-7-10(18(20)21)8-16-15(9)17-13-6-5-12-11(13)3-2-4-14(12)19/h2-4,7-8,13,19H,5-6H2,1H3,(H,16,17). The van der Waals surface area contributed by atoms with Gasteiger partial charge in [0, 0.05) is 6.07 Å². The third-order valence-corrected chi connectivity index (χ3v) is 3.83. The minimum Gasteiger partial charge on any atom is -0.508 e. The van der Waals surface area contributed by atoms with Crippen LogP contribution in [-0.4, -0.2) is 15.0 Å². The second-order valence-corrected chi connectivity index (χ2v) is 5.20. The number of nitrogens with zero attached hydrogens (tertiary/aromatic N) is 2. The Bertz CT molecular complexity index is 715. The van der Waals surface area contributed by atoms with E-state index < -0.39 is 4.92 Å². The molecule has 0 aliphatic heterocycles. The number of nitrogens with one attached hydrogen (secondary N) is 1. The van der Waals surface area contributed by atoms with Gasteiger partial charge in [-0.05, 0) is 42.5 Å². The van der Waals surface area contributed by atoms with Crippen molar-refractivity contribution in [3.8, 4) is 5.75 Å². The molecule has 6 nitrogen and oxygen atoms in total. The highest BCUT2D eigenvalue weighted by Crippen LogP contribution is 2.38. The summed E-state index contributed by atoms with van der Waals surface area (Å²) >= 11 is 0. The van der Waals surface area contributed by atoms with Crippen molar-refractivity contribution < 1.29 is 10.0 Å². The molecule has 108 valence electrons. The van der Waals surface area contributed by atoms with Crippen LogP contribution in [0.1, 0.15) is 29.2 Å². The van der Waals surface area contributed by atoms with Gasteiger partial charge in [-0.25, -0.2) is 4.98 Å². The maximum Gasteiger partial charge on any atom is 0.287 e. The largest absolute Gasteiger partial charge is 0.508 e. The zero-order valence-electron chi connectivity index (χ0n) is 11.5. The molecular weight excluding hydrogens is 270 g/mol. The molecule has 21 heavy (non-hydrogen) atoms. The highest BCUT2D eigenvalue weighted by Gasteiger charge is 2.25. The molecule has 1 heterocycles. The molecule has 1 unspecified atom stereocenters. The second kappa shape index (κ2) is 5.05. The fraction of sp³-hybridized carbons (Fsp3) is 0.267. The molecule has 2 N–H and O–H groups in total. The molecule has 2 aromatic rings. The first-order valence-electron chi connectivity index (χ1n) is 6.74. The summed E-state index contributed by atoms with van der Waals surface area (Å²) in [6, 6.07) is 7.08. The lowest BCUT2D eigenvalue weighted by atomic mass is 10.1. The van der Waals surface area contributed by atoms with E-state index in [0.717, 1.165) is 29.5 Å². The van der Waals surface area contributed by atoms with Gasteiger partial charge in [0.2, 0.25) is 0 Å². The van der Waals surface area contributed by atoms with E-state index in [2.05, 4.69) is 10.3 Å². The summed E-state index contributed by atoms with van der Waals surface area (Å²) in [6.07, 6.45) is 2.93. The van der Waals surface area contributed by atoms with E-state index in [4.69, 9.17) is 0 Å². The normalized spacial score (nSPS) is 16.5. The van der Waals surface area contributed by atoms with Crippen LogP contribution in [0.3, 0.4) is 0 Å². The molecule has 0 saturated heterocycles. The number of pyridine rings is 1. The molecule has 3 rings (SSSR count). The van der Waals surface area contributed by atoms with Gasteiger partial charge in [0.15, 0.2) is 0 Å². The zero-order chi connectivity index (χ0) is 15.0. The van der Waals surface area contributed by atoms with Gasteiger partial charge in [-0.3, -0.25) is 10.1 Å². The van der Waals surface area contributed by atoms with Crippen LogP contribution in [0, 0.1) is 17.0 Å². The average molecular weight is 285 g/mol. The van der Waals surface area contributed by atoms with E-state index >= 15 is 0 Å². The Kier molecular flexibility index (Phi) is 3.21. The van der Waals surface area contributed by atoms with Gasteiger partial charge in [-0.15, -0.1) is 0 Å². The number of hydrogen-bond acceptors (Lipinski definition) is 5. The summed E-state index contributed by atoms with van der Waals surface area (Å²) in [5.41, 5.74) is 2.75. The van der Waals surface area contributed by atoms with Crippen molar-refractivity contribution in [3.05, 3.63) is 57.3 Å². The van der Waals surface area contributed by atoms with Crippen molar-refractivity contribution in [2.75, 3.05) is 5.32 Å². The number of aromatic nitrogens is 1. The number of rotatable bonds is 3. The van der Waals surface area contributed by atoms with Gasteiger partial charge in [0.1, 0.15) is 17.8 Å². The minimum atomic E-state index is -0.452. The number of anilines is 1. The fourth-order valence-electron chi connectivity index (χ4n) is 2.76. The summed E-state index contributed by atoms with van der Waals surface area (Å²) in [6.45, 7) is 1.79. The highest BCUT2D eigenvalue weighted by atomic mass is 16.6. The molecule has 0 amide bonds. The van der Waals surface area contributed by atoms with Gasteiger partial charge in [0.05, 0.1) is 11.0 Å². The van der Waals surface area contributed by atoms with Gasteiger partial charge in [0.25, 0.3) is 5.69 Å². The van der Waals surface area contributed by atoms with Crippen LogP contribution in [0.2, 0.25) is 0 Å². The fourth-order valence-corrected chi connectivity index (χ4v) is 2.76. The maximum absolute atomic E-state index is 10.7. The predicted molar refractivity (Wildman–Crippen MR) is 78.4 cm³/mol. The lowest BCUT2D eigenvalue weighted by molar-refractivity contribution is -0.385. The Morgan fingerprint density at radius 2 is 2.29 bits per heavy atom. The average Bonchev–Trinajstić information content (AvgIpc) is 2.85. The minimum absolute atomic E-state index is 0.0116. The Hall–Kier alpha value is -2.63. The number of benzene rings is 1. The molecule has 1 aromatic heterocycles. The molecule has 1 aromatic carbocycles. The number of aromatic hydroxyl groups is 1. The molecular formula is C15H15N3O3. The first kappa shape index (κ1) is 13.4. The topological polar surface area (TPSA) is 88.3 Å². The Morgan fingerprint density at radius 1 is 1.48 bits per heavy atom. The van der Waals surface area contributed by atoms with Crippen molar-refractivity contribution in [2.24, 2.45) is 0 Å². The maximum atomic E-state index is 10.7. The Morgan fingerprint density at radius 3 is 3.00 bits per heavy atom. The number of nitro groups is 1. The lowest BCUT2D eigenvalue weighted by Crippen LogP contribution is -2.09. The van der Waals surface area contributed by atoms with Gasteiger partial charge in [-0.1, -0.05) is 12.1 Å². The summed E-state index contributed by atoms with van der Waals surface area (Å²) < 4.78 is 0. The highest BCUT2D eigenvalue weighted by molar-refractivity contribution is 5.53. The van der Waals surface area contributed by atoms with E-state index in [1.165, 1.54) is 12.3 Å². The summed E-state index contributed by atoms with van der Waals surface area (Å²) in [5.74, 6) is 0.965. The third kappa shape index (κ3) is 2.40. The molecule has 1 aliphatic carbocycles. The summed E-state index contributed by atoms with van der Waals surface area (Å²) in [5, 5.41) is 23.9. The smallest absolute Gasteiger partial charge is 0.287 e. The molecule has 0 bridgehead atoms. The number of phenols is 1. The molecule has 0 radical (unpaired) electrons. The van der Waals surface area contributed by atoms with E-state index in [1.807, 2.05) is 12.1 Å². The monoisotopic (exact) mass is 285 g/mol. The van der Waals surface area contributed by atoms with Crippen molar-refractivity contribution >= 4 is 11.5 Å². The van der Waals surface area contributed by atoms with E-state index in [0.29, 0.717) is 11.6 Å². The molecule has 1 atom stereocenters. The van der Waals surface area contributed by atoms with Crippen LogP contribution in [0.15, 0.2) is 30.5 Å². The van der Waals surface area contributed by atoms with Crippen LogP contribution >= 0.6 is 0 Å². The van der Waals surface area contributed by atoms with Crippen LogP contribution in [0.25, 0.3) is 0 Å². The Labute approximate surface area is 121 Å². The zero-order valence-corrected chi connectivity index (χ0v) is 11.5. The number of aryl methyl sites for hydroxylation is 1. The van der Waals surface area contributed by atoms with Gasteiger partial charge >= 0.3 is 0 Å². The Balaban J connectivity index is 1.86. The molecule has 6 heteroatoms. The molecule has 0 spiro atoms. The SMILES string of the molecule is Cc1cc([N+](=O)[O-])cnc1NC1CCc2c(O)cccc21. The first-order valence-corrected chi connectivity index (χ1v) is 6.74.